The highest BCUT2D eigenvalue weighted by atomic mass is 32.2. The molecule has 6 nitrogen and oxygen atoms in total. The zero-order valence-electron chi connectivity index (χ0n) is 12.9. The Labute approximate surface area is 139 Å². The first-order valence-electron chi connectivity index (χ1n) is 7.60. The van der Waals surface area contributed by atoms with Crippen LogP contribution < -0.4 is 10.1 Å². The Hall–Kier alpha value is -2.02. The van der Waals surface area contributed by atoms with Gasteiger partial charge in [-0.1, -0.05) is 23.9 Å². The van der Waals surface area contributed by atoms with Crippen LogP contribution in [0.25, 0.3) is 0 Å². The number of carbonyl (C=O) groups is 1. The van der Waals surface area contributed by atoms with Gasteiger partial charge < -0.3 is 14.5 Å². The second-order valence-corrected chi connectivity index (χ2v) is 6.34. The Morgan fingerprint density at radius 1 is 1.35 bits per heavy atom. The second kappa shape index (κ2) is 7.50. The molecule has 1 amide bonds. The monoisotopic (exact) mass is 333 g/mol. The molecule has 2 aromatic rings. The molecule has 0 saturated heterocycles. The van der Waals surface area contributed by atoms with E-state index in [0.717, 1.165) is 30.6 Å². The third kappa shape index (κ3) is 4.72. The van der Waals surface area contributed by atoms with Gasteiger partial charge in [-0.3, -0.25) is 4.79 Å². The number of methoxy groups -OCH3 is 1. The summed E-state index contributed by atoms with van der Waals surface area (Å²) in [5, 5.41) is 11.3. The SMILES string of the molecule is COc1ccc(CCNC(=O)CSc2nnc(C3CC3)o2)cc1. The van der Waals surface area contributed by atoms with Crippen LogP contribution in [0.4, 0.5) is 0 Å². The van der Waals surface area contributed by atoms with E-state index in [-0.39, 0.29) is 11.7 Å². The van der Waals surface area contributed by atoms with Gasteiger partial charge in [0, 0.05) is 12.5 Å². The predicted octanol–water partition coefficient (Wildman–Crippen LogP) is 2.41. The summed E-state index contributed by atoms with van der Waals surface area (Å²) in [6.07, 6.45) is 3.03. The largest absolute Gasteiger partial charge is 0.497 e. The smallest absolute Gasteiger partial charge is 0.277 e. The van der Waals surface area contributed by atoms with Gasteiger partial charge >= 0.3 is 0 Å². The molecule has 1 aliphatic carbocycles. The molecule has 1 N–H and O–H groups in total. The zero-order chi connectivity index (χ0) is 16.1. The lowest BCUT2D eigenvalue weighted by molar-refractivity contribution is -0.118. The van der Waals surface area contributed by atoms with Crippen LogP contribution in [-0.2, 0) is 11.2 Å². The van der Waals surface area contributed by atoms with Gasteiger partial charge in [-0.25, -0.2) is 0 Å². The van der Waals surface area contributed by atoms with E-state index in [1.807, 2.05) is 24.3 Å². The van der Waals surface area contributed by atoms with Gasteiger partial charge in [0.2, 0.25) is 11.8 Å². The van der Waals surface area contributed by atoms with Gasteiger partial charge in [0.25, 0.3) is 5.22 Å². The highest BCUT2D eigenvalue weighted by Crippen LogP contribution is 2.39. The molecule has 1 aromatic heterocycles. The summed E-state index contributed by atoms with van der Waals surface area (Å²) in [6, 6.07) is 7.83. The van der Waals surface area contributed by atoms with E-state index in [1.54, 1.807) is 7.11 Å². The van der Waals surface area contributed by atoms with E-state index in [4.69, 9.17) is 9.15 Å². The van der Waals surface area contributed by atoms with Gasteiger partial charge in [-0.15, -0.1) is 10.2 Å². The fraction of sp³-hybridized carbons (Fsp3) is 0.438. The highest BCUT2D eigenvalue weighted by Gasteiger charge is 2.29. The van der Waals surface area contributed by atoms with E-state index in [0.29, 0.717) is 23.6 Å². The normalized spacial score (nSPS) is 13.8. The molecule has 23 heavy (non-hydrogen) atoms. The number of carbonyl (C=O) groups excluding carboxylic acids is 1. The van der Waals surface area contributed by atoms with Crippen LogP contribution in [-0.4, -0.2) is 35.5 Å². The average Bonchev–Trinajstić information content (AvgIpc) is 3.32. The Kier molecular flexibility index (Phi) is 5.17. The van der Waals surface area contributed by atoms with Crippen LogP contribution in [0.15, 0.2) is 33.9 Å². The summed E-state index contributed by atoms with van der Waals surface area (Å²) in [7, 11) is 1.64. The summed E-state index contributed by atoms with van der Waals surface area (Å²) in [5.41, 5.74) is 1.16. The minimum absolute atomic E-state index is 0.0327. The number of ether oxygens (including phenoxy) is 1. The van der Waals surface area contributed by atoms with Crippen molar-refractivity contribution in [2.24, 2.45) is 0 Å². The molecule has 0 atom stereocenters. The van der Waals surface area contributed by atoms with Crippen LogP contribution in [0, 0.1) is 0 Å². The lowest BCUT2D eigenvalue weighted by Crippen LogP contribution is -2.27. The average molecular weight is 333 g/mol. The number of nitrogens with zero attached hydrogens (tertiary/aromatic N) is 2. The number of thioether (sulfide) groups is 1. The molecule has 7 heteroatoms. The van der Waals surface area contributed by atoms with Crippen LogP contribution in [0.1, 0.15) is 30.2 Å². The topological polar surface area (TPSA) is 77.2 Å². The lowest BCUT2D eigenvalue weighted by Gasteiger charge is -2.05. The molecular weight excluding hydrogens is 314 g/mol. The maximum atomic E-state index is 11.8. The number of hydrogen-bond acceptors (Lipinski definition) is 6. The number of hydrogen-bond donors (Lipinski definition) is 1. The highest BCUT2D eigenvalue weighted by molar-refractivity contribution is 7.99. The molecule has 1 fully saturated rings. The van der Waals surface area contributed by atoms with Crippen molar-refractivity contribution in [3.8, 4) is 5.75 Å². The van der Waals surface area contributed by atoms with Gasteiger partial charge in [-0.05, 0) is 37.0 Å². The Morgan fingerprint density at radius 2 is 2.13 bits per heavy atom. The quantitative estimate of drug-likeness (QED) is 0.748. The Balaban J connectivity index is 1.35. The van der Waals surface area contributed by atoms with Crippen LogP contribution in [0.3, 0.4) is 0 Å². The van der Waals surface area contributed by atoms with Crippen molar-refractivity contribution in [2.45, 2.75) is 30.4 Å². The van der Waals surface area contributed by atoms with Gasteiger partial charge in [-0.2, -0.15) is 0 Å². The third-order valence-corrected chi connectivity index (χ3v) is 4.39. The van der Waals surface area contributed by atoms with E-state index in [1.165, 1.54) is 11.8 Å². The van der Waals surface area contributed by atoms with Crippen molar-refractivity contribution in [3.63, 3.8) is 0 Å². The first-order chi connectivity index (χ1) is 11.2. The van der Waals surface area contributed by atoms with E-state index >= 15 is 0 Å². The first kappa shape index (κ1) is 15.9. The van der Waals surface area contributed by atoms with Crippen molar-refractivity contribution >= 4 is 17.7 Å². The van der Waals surface area contributed by atoms with Crippen molar-refractivity contribution in [3.05, 3.63) is 35.7 Å². The Bertz CT molecular complexity index is 653. The fourth-order valence-corrected chi connectivity index (χ4v) is 2.69. The standard InChI is InChI=1S/C16H19N3O3S/c1-21-13-6-2-11(3-7-13)8-9-17-14(20)10-23-16-19-18-15(22-16)12-4-5-12/h2-3,6-7,12H,4-5,8-10H2,1H3,(H,17,20). The Morgan fingerprint density at radius 3 is 2.83 bits per heavy atom. The van der Waals surface area contributed by atoms with Crippen molar-refractivity contribution in [1.82, 2.24) is 15.5 Å². The van der Waals surface area contributed by atoms with Crippen LogP contribution >= 0.6 is 11.8 Å². The molecule has 0 spiro atoms. The molecule has 3 rings (SSSR count). The number of rotatable bonds is 8. The molecule has 1 heterocycles. The number of benzene rings is 1. The van der Waals surface area contributed by atoms with Gasteiger partial charge in [0.05, 0.1) is 12.9 Å². The minimum atomic E-state index is -0.0327. The second-order valence-electron chi connectivity index (χ2n) is 5.42. The van der Waals surface area contributed by atoms with Crippen molar-refractivity contribution in [1.29, 1.82) is 0 Å². The first-order valence-corrected chi connectivity index (χ1v) is 8.59. The van der Waals surface area contributed by atoms with Crippen LogP contribution in [0.5, 0.6) is 5.75 Å². The van der Waals surface area contributed by atoms with Gasteiger partial charge in [0.1, 0.15) is 5.75 Å². The third-order valence-electron chi connectivity index (χ3n) is 3.57. The summed E-state index contributed by atoms with van der Waals surface area (Å²) < 4.78 is 10.6. The predicted molar refractivity (Wildman–Crippen MR) is 86.7 cm³/mol. The van der Waals surface area contributed by atoms with E-state index < -0.39 is 0 Å². The molecule has 0 unspecified atom stereocenters. The molecule has 1 aromatic carbocycles. The van der Waals surface area contributed by atoms with Crippen molar-refractivity contribution < 1.29 is 13.9 Å². The summed E-state index contributed by atoms with van der Waals surface area (Å²) in [6.45, 7) is 0.600. The molecule has 0 radical (unpaired) electrons. The molecule has 0 aliphatic heterocycles. The molecule has 122 valence electrons. The molecule has 1 saturated carbocycles. The van der Waals surface area contributed by atoms with Crippen molar-refractivity contribution in [2.75, 3.05) is 19.4 Å². The van der Waals surface area contributed by atoms with E-state index in [9.17, 15) is 4.79 Å². The molecule has 0 bridgehead atoms. The fourth-order valence-electron chi connectivity index (χ4n) is 2.09. The summed E-state index contributed by atoms with van der Waals surface area (Å²) >= 11 is 1.28. The zero-order valence-corrected chi connectivity index (χ0v) is 13.8. The molecule has 1 aliphatic rings. The maximum Gasteiger partial charge on any atom is 0.277 e. The minimum Gasteiger partial charge on any atom is -0.497 e. The number of nitrogens with one attached hydrogen (secondary N) is 1. The number of aromatic nitrogens is 2. The molecular formula is C16H19N3O3S. The van der Waals surface area contributed by atoms with Crippen LogP contribution in [0.2, 0.25) is 0 Å². The van der Waals surface area contributed by atoms with E-state index in [2.05, 4.69) is 15.5 Å². The number of amides is 1. The lowest BCUT2D eigenvalue weighted by atomic mass is 10.1. The maximum absolute atomic E-state index is 11.8. The summed E-state index contributed by atoms with van der Waals surface area (Å²) in [4.78, 5) is 11.8. The summed E-state index contributed by atoms with van der Waals surface area (Å²) in [5.74, 6) is 2.23. The van der Waals surface area contributed by atoms with Gasteiger partial charge in [0.15, 0.2) is 0 Å².